The summed E-state index contributed by atoms with van der Waals surface area (Å²) >= 11 is 5.96. The molecule has 0 radical (unpaired) electrons. The number of para-hydroxylation sites is 1. The van der Waals surface area contributed by atoms with Gasteiger partial charge in [-0.25, -0.2) is 0 Å². The molecule has 4 nitrogen and oxygen atoms in total. The van der Waals surface area contributed by atoms with Crippen LogP contribution in [0.15, 0.2) is 24.3 Å². The zero-order valence-electron chi connectivity index (χ0n) is 10.9. The lowest BCUT2D eigenvalue weighted by Crippen LogP contribution is -2.33. The van der Waals surface area contributed by atoms with Crippen molar-refractivity contribution in [3.63, 3.8) is 0 Å². The monoisotopic (exact) mass is 280 g/mol. The van der Waals surface area contributed by atoms with Crippen molar-refractivity contribution in [3.8, 4) is 0 Å². The molecule has 19 heavy (non-hydrogen) atoms. The van der Waals surface area contributed by atoms with E-state index in [-0.39, 0.29) is 11.8 Å². The Morgan fingerprint density at radius 3 is 2.63 bits per heavy atom. The highest BCUT2D eigenvalue weighted by Gasteiger charge is 2.30. The summed E-state index contributed by atoms with van der Waals surface area (Å²) in [5, 5.41) is 3.27. The van der Waals surface area contributed by atoms with Crippen LogP contribution in [0.25, 0.3) is 0 Å². The Kier molecular flexibility index (Phi) is 4.43. The maximum absolute atomic E-state index is 11.8. The van der Waals surface area contributed by atoms with E-state index < -0.39 is 0 Å². The van der Waals surface area contributed by atoms with Crippen LogP contribution in [-0.4, -0.2) is 29.3 Å². The first-order chi connectivity index (χ1) is 9.08. The molecule has 0 bridgehead atoms. The second-order valence-corrected chi connectivity index (χ2v) is 5.13. The molecule has 1 N–H and O–H groups in total. The zero-order chi connectivity index (χ0) is 13.8. The average molecular weight is 281 g/mol. The lowest BCUT2D eigenvalue weighted by molar-refractivity contribution is -0.129. The Morgan fingerprint density at radius 1 is 1.37 bits per heavy atom. The maximum Gasteiger partial charge on any atom is 0.226 e. The van der Waals surface area contributed by atoms with Gasteiger partial charge >= 0.3 is 0 Å². The van der Waals surface area contributed by atoms with Gasteiger partial charge < -0.3 is 10.2 Å². The number of hydrogen-bond donors (Lipinski definition) is 1. The van der Waals surface area contributed by atoms with Gasteiger partial charge in [-0.15, -0.1) is 0 Å². The molecule has 1 fully saturated rings. The van der Waals surface area contributed by atoms with Gasteiger partial charge in [0.1, 0.15) is 0 Å². The summed E-state index contributed by atoms with van der Waals surface area (Å²) in [6.45, 7) is 2.01. The van der Waals surface area contributed by atoms with Gasteiger partial charge in [0.2, 0.25) is 11.8 Å². The Bertz CT molecular complexity index is 486. The third-order valence-corrected chi connectivity index (χ3v) is 3.45. The fourth-order valence-electron chi connectivity index (χ4n) is 1.98. The highest BCUT2D eigenvalue weighted by molar-refractivity contribution is 6.33. The van der Waals surface area contributed by atoms with Crippen molar-refractivity contribution in [1.29, 1.82) is 0 Å². The van der Waals surface area contributed by atoms with E-state index in [4.69, 9.17) is 11.6 Å². The Labute approximate surface area is 117 Å². The Balaban J connectivity index is 1.84. The fourth-order valence-corrected chi connectivity index (χ4v) is 2.16. The number of nitrogens with one attached hydrogen (secondary N) is 1. The molecule has 5 heteroatoms. The number of rotatable bonds is 5. The van der Waals surface area contributed by atoms with Gasteiger partial charge in [0.25, 0.3) is 0 Å². The molecule has 1 aromatic carbocycles. The van der Waals surface area contributed by atoms with Gasteiger partial charge in [0.05, 0.1) is 10.7 Å². The van der Waals surface area contributed by atoms with E-state index in [1.54, 1.807) is 24.0 Å². The number of benzene rings is 1. The minimum atomic E-state index is -0.125. The summed E-state index contributed by atoms with van der Waals surface area (Å²) < 4.78 is 0. The molecule has 0 heterocycles. The molecule has 0 atom stereocenters. The maximum atomic E-state index is 11.8. The molecule has 0 aliphatic heterocycles. The van der Waals surface area contributed by atoms with Crippen molar-refractivity contribution >= 4 is 29.1 Å². The van der Waals surface area contributed by atoms with Gasteiger partial charge in [-0.3, -0.25) is 9.59 Å². The van der Waals surface area contributed by atoms with E-state index in [2.05, 4.69) is 5.32 Å². The van der Waals surface area contributed by atoms with Crippen molar-refractivity contribution in [3.05, 3.63) is 29.3 Å². The number of hydrogen-bond acceptors (Lipinski definition) is 2. The number of carbonyl (C=O) groups is 2. The molecule has 0 saturated heterocycles. The van der Waals surface area contributed by atoms with Crippen LogP contribution in [0.4, 0.5) is 5.69 Å². The van der Waals surface area contributed by atoms with Crippen LogP contribution in [-0.2, 0) is 9.59 Å². The molecule has 1 saturated carbocycles. The minimum absolute atomic E-state index is 0.0352. The predicted octanol–water partition coefficient (Wildman–Crippen LogP) is 2.68. The number of carbonyl (C=O) groups excluding carboxylic acids is 2. The van der Waals surface area contributed by atoms with Crippen molar-refractivity contribution in [1.82, 2.24) is 4.90 Å². The van der Waals surface area contributed by atoms with Crippen molar-refractivity contribution in [2.75, 3.05) is 11.9 Å². The Morgan fingerprint density at radius 2 is 2.05 bits per heavy atom. The molecule has 2 amide bonds. The third kappa shape index (κ3) is 3.96. The molecule has 1 aliphatic carbocycles. The summed E-state index contributed by atoms with van der Waals surface area (Å²) in [6.07, 6.45) is 2.39. The number of halogens is 1. The molecule has 0 aromatic heterocycles. The van der Waals surface area contributed by atoms with E-state index in [9.17, 15) is 9.59 Å². The van der Waals surface area contributed by atoms with Gasteiger partial charge in [0.15, 0.2) is 0 Å². The first-order valence-corrected chi connectivity index (χ1v) is 6.77. The lowest BCUT2D eigenvalue weighted by Gasteiger charge is -2.20. The minimum Gasteiger partial charge on any atom is -0.339 e. The van der Waals surface area contributed by atoms with Crippen LogP contribution in [0.1, 0.15) is 26.2 Å². The van der Waals surface area contributed by atoms with Crippen molar-refractivity contribution in [2.24, 2.45) is 0 Å². The Hall–Kier alpha value is -1.55. The van der Waals surface area contributed by atoms with E-state index >= 15 is 0 Å². The number of amides is 2. The van der Waals surface area contributed by atoms with Crippen LogP contribution in [0, 0.1) is 0 Å². The van der Waals surface area contributed by atoms with Crippen LogP contribution >= 0.6 is 11.6 Å². The molecule has 1 aliphatic rings. The van der Waals surface area contributed by atoms with E-state index in [1.807, 2.05) is 12.1 Å². The van der Waals surface area contributed by atoms with E-state index in [0.29, 0.717) is 29.7 Å². The topological polar surface area (TPSA) is 49.4 Å². The standard InChI is InChI=1S/C14H17ClN2O2/c1-10(18)17(11-6-7-11)9-8-14(19)16-13-5-3-2-4-12(13)15/h2-5,11H,6-9H2,1H3,(H,16,19). The summed E-state index contributed by atoms with van der Waals surface area (Å²) in [4.78, 5) is 25.0. The number of anilines is 1. The summed E-state index contributed by atoms with van der Waals surface area (Å²) in [6, 6.07) is 7.44. The van der Waals surface area contributed by atoms with Gasteiger partial charge in [0, 0.05) is 25.9 Å². The van der Waals surface area contributed by atoms with Crippen LogP contribution < -0.4 is 5.32 Å². The smallest absolute Gasteiger partial charge is 0.226 e. The highest BCUT2D eigenvalue weighted by Crippen LogP contribution is 2.27. The van der Waals surface area contributed by atoms with Crippen molar-refractivity contribution < 1.29 is 9.59 Å². The number of nitrogens with zero attached hydrogens (tertiary/aromatic N) is 1. The zero-order valence-corrected chi connectivity index (χ0v) is 11.6. The van der Waals surface area contributed by atoms with E-state index in [0.717, 1.165) is 12.8 Å². The van der Waals surface area contributed by atoms with Crippen LogP contribution in [0.2, 0.25) is 5.02 Å². The van der Waals surface area contributed by atoms with Crippen molar-refractivity contribution in [2.45, 2.75) is 32.2 Å². The summed E-state index contributed by atoms with van der Waals surface area (Å²) in [5.41, 5.74) is 0.606. The van der Waals surface area contributed by atoms with Crippen LogP contribution in [0.3, 0.4) is 0 Å². The summed E-state index contributed by atoms with van der Waals surface area (Å²) in [7, 11) is 0. The average Bonchev–Trinajstić information content (AvgIpc) is 3.16. The quantitative estimate of drug-likeness (QED) is 0.901. The predicted molar refractivity (Wildman–Crippen MR) is 75.1 cm³/mol. The molecule has 0 unspecified atom stereocenters. The summed E-state index contributed by atoms with van der Waals surface area (Å²) in [5.74, 6) is -0.0898. The molecular weight excluding hydrogens is 264 g/mol. The first-order valence-electron chi connectivity index (χ1n) is 6.39. The van der Waals surface area contributed by atoms with E-state index in [1.165, 1.54) is 0 Å². The lowest BCUT2D eigenvalue weighted by atomic mass is 10.3. The molecule has 102 valence electrons. The molecule has 2 rings (SSSR count). The first kappa shape index (κ1) is 13.9. The van der Waals surface area contributed by atoms with Gasteiger partial charge in [-0.05, 0) is 25.0 Å². The largest absolute Gasteiger partial charge is 0.339 e. The van der Waals surface area contributed by atoms with Gasteiger partial charge in [-0.1, -0.05) is 23.7 Å². The second-order valence-electron chi connectivity index (χ2n) is 4.72. The molecule has 0 spiro atoms. The normalized spacial score (nSPS) is 14.0. The highest BCUT2D eigenvalue weighted by atomic mass is 35.5. The van der Waals surface area contributed by atoms with Crippen LogP contribution in [0.5, 0.6) is 0 Å². The SMILES string of the molecule is CC(=O)N(CCC(=O)Nc1ccccc1Cl)C1CC1. The second kappa shape index (κ2) is 6.06. The fraction of sp³-hybridized carbons (Fsp3) is 0.429. The third-order valence-electron chi connectivity index (χ3n) is 3.12. The molecule has 1 aromatic rings. The molecular formula is C14H17ClN2O2. The van der Waals surface area contributed by atoms with Gasteiger partial charge in [-0.2, -0.15) is 0 Å².